The summed E-state index contributed by atoms with van der Waals surface area (Å²) in [6.45, 7) is 2.47. The molecule has 0 unspecified atom stereocenters. The molecular formula is C19H23Cl2N3O2. The van der Waals surface area contributed by atoms with E-state index in [0.717, 1.165) is 30.5 Å². The van der Waals surface area contributed by atoms with E-state index in [0.29, 0.717) is 29.4 Å². The molecule has 0 aliphatic carbocycles. The van der Waals surface area contributed by atoms with Gasteiger partial charge in [0.2, 0.25) is 5.91 Å². The van der Waals surface area contributed by atoms with Crippen molar-refractivity contribution in [1.82, 2.24) is 15.8 Å². The summed E-state index contributed by atoms with van der Waals surface area (Å²) in [5.74, 6) is 0.778. The molecule has 2 bridgehead atoms. The van der Waals surface area contributed by atoms with Crippen LogP contribution in [-0.4, -0.2) is 23.1 Å². The molecule has 1 aromatic heterocycles. The Bertz CT molecular complexity index is 777. The Morgan fingerprint density at radius 2 is 2.15 bits per heavy atom. The van der Waals surface area contributed by atoms with E-state index in [2.05, 4.69) is 22.7 Å². The second-order valence-corrected chi connectivity index (χ2v) is 7.51. The molecule has 2 aromatic rings. The van der Waals surface area contributed by atoms with Gasteiger partial charge in [-0.1, -0.05) is 35.8 Å². The number of benzene rings is 1. The highest BCUT2D eigenvalue weighted by Gasteiger charge is 2.54. The predicted octanol–water partition coefficient (Wildman–Crippen LogP) is 3.95. The molecule has 3 atom stereocenters. The number of hydrogen-bond donors (Lipinski definition) is 2. The van der Waals surface area contributed by atoms with Crippen LogP contribution in [0.4, 0.5) is 0 Å². The lowest BCUT2D eigenvalue weighted by atomic mass is 9.71. The van der Waals surface area contributed by atoms with Crippen molar-refractivity contribution in [1.29, 1.82) is 0 Å². The van der Waals surface area contributed by atoms with Crippen molar-refractivity contribution < 1.29 is 9.32 Å². The monoisotopic (exact) mass is 395 g/mol. The van der Waals surface area contributed by atoms with Gasteiger partial charge >= 0.3 is 0 Å². The zero-order valence-corrected chi connectivity index (χ0v) is 16.2. The molecule has 26 heavy (non-hydrogen) atoms. The molecule has 140 valence electrons. The van der Waals surface area contributed by atoms with Gasteiger partial charge < -0.3 is 15.2 Å². The second-order valence-electron chi connectivity index (χ2n) is 7.08. The van der Waals surface area contributed by atoms with Crippen molar-refractivity contribution in [3.05, 3.63) is 41.1 Å². The Morgan fingerprint density at radius 3 is 2.77 bits per heavy atom. The Kier molecular flexibility index (Phi) is 5.61. The number of carbonyl (C=O) groups is 1. The van der Waals surface area contributed by atoms with Gasteiger partial charge in [-0.05, 0) is 37.8 Å². The summed E-state index contributed by atoms with van der Waals surface area (Å²) in [6.07, 6.45) is 4.08. The quantitative estimate of drug-likeness (QED) is 0.803. The van der Waals surface area contributed by atoms with E-state index in [1.165, 1.54) is 6.42 Å². The van der Waals surface area contributed by atoms with Crippen LogP contribution in [0.15, 0.2) is 34.9 Å². The van der Waals surface area contributed by atoms with Gasteiger partial charge in [0.15, 0.2) is 5.76 Å². The molecule has 0 spiro atoms. The van der Waals surface area contributed by atoms with Crippen molar-refractivity contribution in [2.24, 2.45) is 5.41 Å². The van der Waals surface area contributed by atoms with E-state index >= 15 is 0 Å². The maximum atomic E-state index is 12.8. The summed E-state index contributed by atoms with van der Waals surface area (Å²) in [4.78, 5) is 12.8. The van der Waals surface area contributed by atoms with Crippen LogP contribution in [0, 0.1) is 5.41 Å². The van der Waals surface area contributed by atoms with Gasteiger partial charge in [-0.25, -0.2) is 0 Å². The number of hydrogen-bond acceptors (Lipinski definition) is 4. The highest BCUT2D eigenvalue weighted by atomic mass is 35.5. The lowest BCUT2D eigenvalue weighted by Gasteiger charge is -2.34. The maximum absolute atomic E-state index is 12.8. The SMILES string of the molecule is CC[C@@]1(C(=O)NCc2cc(-c3ccc(Cl)cc3)no2)C[C@@H]2CC[C@H]1N2.Cl. The Morgan fingerprint density at radius 1 is 1.38 bits per heavy atom. The van der Waals surface area contributed by atoms with Gasteiger partial charge in [0, 0.05) is 28.7 Å². The molecule has 5 nitrogen and oxygen atoms in total. The lowest BCUT2D eigenvalue weighted by molar-refractivity contribution is -0.132. The van der Waals surface area contributed by atoms with Crippen LogP contribution in [0.2, 0.25) is 5.02 Å². The fourth-order valence-electron chi connectivity index (χ4n) is 4.30. The first kappa shape index (κ1) is 19.2. The van der Waals surface area contributed by atoms with E-state index in [9.17, 15) is 4.79 Å². The summed E-state index contributed by atoms with van der Waals surface area (Å²) in [7, 11) is 0. The fraction of sp³-hybridized carbons (Fsp3) is 0.474. The number of carbonyl (C=O) groups excluding carboxylic acids is 1. The number of aromatic nitrogens is 1. The van der Waals surface area contributed by atoms with Crippen LogP contribution < -0.4 is 10.6 Å². The maximum Gasteiger partial charge on any atom is 0.228 e. The molecule has 2 aliphatic heterocycles. The Hall–Kier alpha value is -1.56. The summed E-state index contributed by atoms with van der Waals surface area (Å²) in [5.41, 5.74) is 1.41. The van der Waals surface area contributed by atoms with Crippen molar-refractivity contribution in [3.63, 3.8) is 0 Å². The van der Waals surface area contributed by atoms with E-state index in [-0.39, 0.29) is 23.7 Å². The molecule has 3 heterocycles. The van der Waals surface area contributed by atoms with Gasteiger partial charge in [0.25, 0.3) is 0 Å². The van der Waals surface area contributed by atoms with Crippen molar-refractivity contribution in [3.8, 4) is 11.3 Å². The van der Waals surface area contributed by atoms with Crippen LogP contribution >= 0.6 is 24.0 Å². The standard InChI is InChI=1S/C19H22ClN3O2.ClH/c1-2-19(10-14-7-8-17(19)22-14)18(24)21-11-15-9-16(23-25-15)12-3-5-13(20)6-4-12;/h3-6,9,14,17,22H,2,7-8,10-11H2,1H3,(H,21,24);1H/t14-,17+,19+;/m0./s1. The van der Waals surface area contributed by atoms with Crippen molar-refractivity contribution in [2.45, 2.75) is 51.2 Å². The summed E-state index contributed by atoms with van der Waals surface area (Å²) in [5, 5.41) is 11.4. The molecular weight excluding hydrogens is 373 g/mol. The molecule has 0 saturated carbocycles. The average Bonchev–Trinajstić information content (AvgIpc) is 3.36. The minimum absolute atomic E-state index is 0. The van der Waals surface area contributed by atoms with Crippen LogP contribution in [0.1, 0.15) is 38.4 Å². The third-order valence-electron chi connectivity index (χ3n) is 5.72. The minimum atomic E-state index is -0.276. The largest absolute Gasteiger partial charge is 0.359 e. The highest BCUT2D eigenvalue weighted by molar-refractivity contribution is 6.30. The first-order valence-electron chi connectivity index (χ1n) is 8.86. The van der Waals surface area contributed by atoms with Gasteiger partial charge in [-0.15, -0.1) is 12.4 Å². The number of fused-ring (bicyclic) bond motifs is 2. The van der Waals surface area contributed by atoms with Crippen LogP contribution in [0.3, 0.4) is 0 Å². The molecule has 4 rings (SSSR count). The molecule has 2 saturated heterocycles. The van der Waals surface area contributed by atoms with Crippen LogP contribution in [-0.2, 0) is 11.3 Å². The molecule has 2 aliphatic rings. The van der Waals surface area contributed by atoms with Gasteiger partial charge in [-0.2, -0.15) is 0 Å². The van der Waals surface area contributed by atoms with Crippen LogP contribution in [0.25, 0.3) is 11.3 Å². The number of rotatable bonds is 5. The highest BCUT2D eigenvalue weighted by Crippen LogP contribution is 2.45. The van der Waals surface area contributed by atoms with E-state index < -0.39 is 0 Å². The number of amides is 1. The fourth-order valence-corrected chi connectivity index (χ4v) is 4.42. The van der Waals surface area contributed by atoms with E-state index in [4.69, 9.17) is 16.1 Å². The molecule has 2 fully saturated rings. The average molecular weight is 396 g/mol. The third-order valence-corrected chi connectivity index (χ3v) is 5.98. The van der Waals surface area contributed by atoms with Gasteiger partial charge in [-0.3, -0.25) is 4.79 Å². The Balaban J connectivity index is 0.00000196. The molecule has 1 amide bonds. The molecule has 1 aromatic carbocycles. The second kappa shape index (κ2) is 7.59. The number of nitrogens with one attached hydrogen (secondary N) is 2. The molecule has 2 N–H and O–H groups in total. The number of nitrogens with zero attached hydrogens (tertiary/aromatic N) is 1. The summed E-state index contributed by atoms with van der Waals surface area (Å²) < 4.78 is 5.38. The zero-order valence-electron chi connectivity index (χ0n) is 14.6. The topological polar surface area (TPSA) is 67.2 Å². The smallest absolute Gasteiger partial charge is 0.228 e. The molecule has 7 heteroatoms. The Labute approximate surface area is 164 Å². The van der Waals surface area contributed by atoms with Gasteiger partial charge in [0.05, 0.1) is 12.0 Å². The van der Waals surface area contributed by atoms with E-state index in [1.54, 1.807) is 0 Å². The third kappa shape index (κ3) is 3.36. The molecule has 0 radical (unpaired) electrons. The van der Waals surface area contributed by atoms with E-state index in [1.807, 2.05) is 30.3 Å². The summed E-state index contributed by atoms with van der Waals surface area (Å²) >= 11 is 5.91. The summed E-state index contributed by atoms with van der Waals surface area (Å²) in [6, 6.07) is 10.1. The minimum Gasteiger partial charge on any atom is -0.359 e. The number of halogens is 2. The van der Waals surface area contributed by atoms with Crippen LogP contribution in [0.5, 0.6) is 0 Å². The van der Waals surface area contributed by atoms with Crippen molar-refractivity contribution >= 4 is 29.9 Å². The first-order chi connectivity index (χ1) is 12.1. The zero-order chi connectivity index (χ0) is 17.4. The predicted molar refractivity (Wildman–Crippen MR) is 103 cm³/mol. The lowest BCUT2D eigenvalue weighted by Crippen LogP contribution is -2.47. The first-order valence-corrected chi connectivity index (χ1v) is 9.24. The van der Waals surface area contributed by atoms with Crippen molar-refractivity contribution in [2.75, 3.05) is 0 Å². The normalized spacial score (nSPS) is 26.5. The van der Waals surface area contributed by atoms with Gasteiger partial charge in [0.1, 0.15) is 5.69 Å².